The molecule has 2 heterocycles. The van der Waals surface area contributed by atoms with Gasteiger partial charge >= 0.3 is 0 Å². The molecule has 24 heavy (non-hydrogen) atoms. The molecule has 0 aliphatic carbocycles. The molecule has 0 bridgehead atoms. The number of thiophene rings is 1. The van der Waals surface area contributed by atoms with E-state index in [1.54, 1.807) is 18.2 Å². The molecular weight excluding hydrogens is 342 g/mol. The average molecular weight is 360 g/mol. The highest BCUT2D eigenvalue weighted by atomic mass is 35.5. The van der Waals surface area contributed by atoms with Gasteiger partial charge < -0.3 is 5.32 Å². The zero-order valence-electron chi connectivity index (χ0n) is 13.4. The van der Waals surface area contributed by atoms with Crippen molar-refractivity contribution in [2.45, 2.75) is 25.8 Å². The third kappa shape index (κ3) is 3.62. The highest BCUT2D eigenvalue weighted by Crippen LogP contribution is 2.32. The second-order valence-corrected chi connectivity index (χ2v) is 7.27. The normalized spacial score (nSPS) is 17.1. The molecule has 1 N–H and O–H groups in total. The van der Waals surface area contributed by atoms with Gasteiger partial charge in [-0.25, -0.2) is 0 Å². The van der Waals surface area contributed by atoms with Crippen molar-refractivity contribution in [3.63, 3.8) is 0 Å². The highest BCUT2D eigenvalue weighted by molar-refractivity contribution is 7.10. The van der Waals surface area contributed by atoms with Crippen molar-refractivity contribution in [2.24, 2.45) is 0 Å². The summed E-state index contributed by atoms with van der Waals surface area (Å²) in [6.45, 7) is 3.92. The summed E-state index contributed by atoms with van der Waals surface area (Å²) < 4.78 is 0. The van der Waals surface area contributed by atoms with E-state index in [9.17, 15) is 4.79 Å². The topological polar surface area (TPSA) is 56.1 Å². The quantitative estimate of drug-likeness (QED) is 0.889. The molecule has 1 atom stereocenters. The minimum absolute atomic E-state index is 0.0425. The van der Waals surface area contributed by atoms with Crippen LogP contribution in [-0.2, 0) is 11.2 Å². The fraction of sp³-hybridized carbons (Fsp3) is 0.333. The maximum atomic E-state index is 12.2. The van der Waals surface area contributed by atoms with Gasteiger partial charge in [-0.05, 0) is 48.6 Å². The first-order valence-corrected chi connectivity index (χ1v) is 9.14. The van der Waals surface area contributed by atoms with Crippen LogP contribution in [0.5, 0.6) is 0 Å². The number of halogens is 1. The smallest absolute Gasteiger partial charge is 0.225 e. The summed E-state index contributed by atoms with van der Waals surface area (Å²) in [5.41, 5.74) is 2.42. The molecule has 0 saturated carbocycles. The van der Waals surface area contributed by atoms with Gasteiger partial charge in [-0.2, -0.15) is 5.26 Å². The fourth-order valence-electron chi connectivity index (χ4n) is 3.02. The SMILES string of the molecule is CC1c2ccsc2CCN1CCC(=O)Nc1ccc(C#N)c(Cl)c1. The van der Waals surface area contributed by atoms with E-state index < -0.39 is 0 Å². The molecule has 1 aliphatic rings. The lowest BCUT2D eigenvalue weighted by Gasteiger charge is -2.33. The molecule has 6 heteroatoms. The van der Waals surface area contributed by atoms with Gasteiger partial charge in [0.1, 0.15) is 6.07 Å². The Hall–Kier alpha value is -1.87. The van der Waals surface area contributed by atoms with Gasteiger partial charge in [-0.1, -0.05) is 11.6 Å². The van der Waals surface area contributed by atoms with Crippen molar-refractivity contribution in [3.05, 3.63) is 50.7 Å². The zero-order valence-corrected chi connectivity index (χ0v) is 15.0. The summed E-state index contributed by atoms with van der Waals surface area (Å²) in [6.07, 6.45) is 1.49. The van der Waals surface area contributed by atoms with Crippen LogP contribution in [0.25, 0.3) is 0 Å². The van der Waals surface area contributed by atoms with Crippen LogP contribution in [0.4, 0.5) is 5.69 Å². The van der Waals surface area contributed by atoms with Gasteiger partial charge in [0.05, 0.1) is 10.6 Å². The van der Waals surface area contributed by atoms with Gasteiger partial charge in [-0.15, -0.1) is 11.3 Å². The summed E-state index contributed by atoms with van der Waals surface area (Å²) in [5, 5.41) is 14.2. The Labute approximate surface area is 150 Å². The van der Waals surface area contributed by atoms with Crippen LogP contribution in [0, 0.1) is 11.3 Å². The number of benzene rings is 1. The van der Waals surface area contributed by atoms with Gasteiger partial charge in [0, 0.05) is 36.1 Å². The lowest BCUT2D eigenvalue weighted by Crippen LogP contribution is -2.35. The first-order chi connectivity index (χ1) is 11.6. The molecule has 1 unspecified atom stereocenters. The third-order valence-electron chi connectivity index (χ3n) is 4.40. The molecule has 2 aromatic rings. The van der Waals surface area contributed by atoms with Crippen LogP contribution in [0.3, 0.4) is 0 Å². The largest absolute Gasteiger partial charge is 0.326 e. The lowest BCUT2D eigenvalue weighted by atomic mass is 10.0. The Balaban J connectivity index is 1.55. The van der Waals surface area contributed by atoms with Crippen LogP contribution in [0.15, 0.2) is 29.6 Å². The molecule has 0 saturated heterocycles. The number of rotatable bonds is 4. The summed E-state index contributed by atoms with van der Waals surface area (Å²) in [6, 6.07) is 9.47. The third-order valence-corrected chi connectivity index (χ3v) is 5.71. The van der Waals surface area contributed by atoms with Crippen molar-refractivity contribution < 1.29 is 4.79 Å². The number of anilines is 1. The Bertz CT molecular complexity index is 796. The second-order valence-electron chi connectivity index (χ2n) is 5.87. The molecule has 0 radical (unpaired) electrons. The first kappa shape index (κ1) is 17.0. The van der Waals surface area contributed by atoms with E-state index >= 15 is 0 Å². The van der Waals surface area contributed by atoms with Crippen LogP contribution < -0.4 is 5.32 Å². The summed E-state index contributed by atoms with van der Waals surface area (Å²) in [5.74, 6) is -0.0425. The second kappa shape index (κ2) is 7.35. The van der Waals surface area contributed by atoms with Crippen molar-refractivity contribution >= 4 is 34.5 Å². The average Bonchev–Trinajstić information content (AvgIpc) is 3.04. The van der Waals surface area contributed by atoms with Crippen LogP contribution in [-0.4, -0.2) is 23.9 Å². The van der Waals surface area contributed by atoms with Crippen molar-refractivity contribution in [3.8, 4) is 6.07 Å². The highest BCUT2D eigenvalue weighted by Gasteiger charge is 2.24. The molecular formula is C18H18ClN3OS. The maximum absolute atomic E-state index is 12.2. The molecule has 0 fully saturated rings. The number of carbonyl (C=O) groups excluding carboxylic acids is 1. The Morgan fingerprint density at radius 2 is 2.33 bits per heavy atom. The van der Waals surface area contributed by atoms with Crippen LogP contribution in [0.2, 0.25) is 5.02 Å². The summed E-state index contributed by atoms with van der Waals surface area (Å²) in [4.78, 5) is 16.0. The Morgan fingerprint density at radius 1 is 1.50 bits per heavy atom. The minimum Gasteiger partial charge on any atom is -0.326 e. The molecule has 1 aromatic carbocycles. The van der Waals surface area contributed by atoms with Crippen molar-refractivity contribution in [2.75, 3.05) is 18.4 Å². The van der Waals surface area contributed by atoms with Gasteiger partial charge in [0.15, 0.2) is 0 Å². The zero-order chi connectivity index (χ0) is 17.1. The van der Waals surface area contributed by atoms with E-state index in [4.69, 9.17) is 16.9 Å². The van der Waals surface area contributed by atoms with E-state index in [1.807, 2.05) is 17.4 Å². The molecule has 124 valence electrons. The monoisotopic (exact) mass is 359 g/mol. The number of hydrogen-bond acceptors (Lipinski definition) is 4. The summed E-state index contributed by atoms with van der Waals surface area (Å²) in [7, 11) is 0. The van der Waals surface area contributed by atoms with Gasteiger partial charge in [0.25, 0.3) is 0 Å². The molecule has 1 aliphatic heterocycles. The lowest BCUT2D eigenvalue weighted by molar-refractivity contribution is -0.116. The number of nitrogens with one attached hydrogen (secondary N) is 1. The molecule has 3 rings (SSSR count). The molecule has 1 amide bonds. The predicted octanol–water partition coefficient (Wildman–Crippen LogP) is 4.22. The number of hydrogen-bond donors (Lipinski definition) is 1. The number of amides is 1. The molecule has 1 aromatic heterocycles. The van der Waals surface area contributed by atoms with E-state index in [-0.39, 0.29) is 5.91 Å². The van der Waals surface area contributed by atoms with Crippen molar-refractivity contribution in [1.29, 1.82) is 5.26 Å². The van der Waals surface area contributed by atoms with E-state index in [0.29, 0.717) is 28.7 Å². The Morgan fingerprint density at radius 3 is 3.08 bits per heavy atom. The van der Waals surface area contributed by atoms with Crippen LogP contribution >= 0.6 is 22.9 Å². The number of fused-ring (bicyclic) bond motifs is 1. The maximum Gasteiger partial charge on any atom is 0.225 e. The van der Waals surface area contributed by atoms with Gasteiger partial charge in [-0.3, -0.25) is 9.69 Å². The number of nitrogens with zero attached hydrogens (tertiary/aromatic N) is 2. The molecule has 4 nitrogen and oxygen atoms in total. The minimum atomic E-state index is -0.0425. The first-order valence-electron chi connectivity index (χ1n) is 7.88. The van der Waals surface area contributed by atoms with Crippen molar-refractivity contribution in [1.82, 2.24) is 4.90 Å². The van der Waals surface area contributed by atoms with E-state index in [2.05, 4.69) is 28.6 Å². The van der Waals surface area contributed by atoms with Gasteiger partial charge in [0.2, 0.25) is 5.91 Å². The standard InChI is InChI=1S/C18H18ClN3OS/c1-12-15-6-9-24-17(15)4-7-22(12)8-5-18(23)21-14-3-2-13(11-20)16(19)10-14/h2-3,6,9-10,12H,4-5,7-8H2,1H3,(H,21,23). The van der Waals surface area contributed by atoms with Crippen LogP contribution in [0.1, 0.15) is 35.4 Å². The number of nitriles is 1. The Kier molecular flexibility index (Phi) is 5.20. The predicted molar refractivity (Wildman–Crippen MR) is 97.4 cm³/mol. The molecule has 0 spiro atoms. The number of carbonyl (C=O) groups is 1. The van der Waals surface area contributed by atoms with E-state index in [0.717, 1.165) is 19.5 Å². The fourth-order valence-corrected chi connectivity index (χ4v) is 4.20. The van der Waals surface area contributed by atoms with E-state index in [1.165, 1.54) is 10.4 Å². The summed E-state index contributed by atoms with van der Waals surface area (Å²) >= 11 is 7.81.